The molecule has 0 fully saturated rings. The lowest BCUT2D eigenvalue weighted by atomic mass is 10.1. The molecule has 9 nitrogen and oxygen atoms in total. The lowest BCUT2D eigenvalue weighted by Crippen LogP contribution is -2.43. The number of carboxylic acid groups (broad SMARTS) is 1. The Bertz CT molecular complexity index is 759. The van der Waals surface area contributed by atoms with Crippen molar-refractivity contribution in [3.05, 3.63) is 54.1 Å². The van der Waals surface area contributed by atoms with Crippen molar-refractivity contribution in [3.8, 4) is 0 Å². The number of carboxylic acids is 1. The maximum Gasteiger partial charge on any atom is 0.408 e. The summed E-state index contributed by atoms with van der Waals surface area (Å²) in [5, 5.41) is 11.2. The number of alkyl carbamates (subject to hydrolysis) is 1. The van der Waals surface area contributed by atoms with Crippen molar-refractivity contribution >= 4 is 18.0 Å². The highest BCUT2D eigenvalue weighted by atomic mass is 16.6. The Morgan fingerprint density at radius 2 is 2.00 bits per heavy atom. The number of benzene rings is 1. The molecule has 0 saturated heterocycles. The molecule has 0 saturated carbocycles. The number of hydrogen-bond donors (Lipinski definition) is 2. The van der Waals surface area contributed by atoms with Gasteiger partial charge in [-0.1, -0.05) is 30.3 Å². The van der Waals surface area contributed by atoms with Crippen molar-refractivity contribution in [1.82, 2.24) is 14.9 Å². The number of nitrogens with one attached hydrogen (secondary N) is 1. The summed E-state index contributed by atoms with van der Waals surface area (Å²) in [5.74, 6) is -1.67. The summed E-state index contributed by atoms with van der Waals surface area (Å²) >= 11 is 0. The van der Waals surface area contributed by atoms with E-state index < -0.39 is 24.1 Å². The summed E-state index contributed by atoms with van der Waals surface area (Å²) in [4.78, 5) is 38.6. The normalized spacial score (nSPS) is 11.4. The molecule has 0 spiro atoms. The summed E-state index contributed by atoms with van der Waals surface area (Å²) in [7, 11) is 1.20. The van der Waals surface area contributed by atoms with Crippen LogP contribution in [0.25, 0.3) is 0 Å². The molecule has 0 unspecified atom stereocenters. The molecule has 2 aromatic rings. The van der Waals surface area contributed by atoms with E-state index in [2.05, 4.69) is 15.0 Å². The van der Waals surface area contributed by atoms with Crippen LogP contribution in [-0.2, 0) is 38.6 Å². The minimum Gasteiger partial charge on any atom is -0.480 e. The number of imidazole rings is 1. The number of carbonyl (C=O) groups excluding carboxylic acids is 2. The zero-order valence-corrected chi connectivity index (χ0v) is 14.1. The Morgan fingerprint density at radius 1 is 1.27 bits per heavy atom. The second kappa shape index (κ2) is 9.21. The predicted octanol–water partition coefficient (Wildman–Crippen LogP) is 0.978. The number of aromatic nitrogens is 2. The monoisotopic (exact) mass is 361 g/mol. The summed E-state index contributed by atoms with van der Waals surface area (Å²) in [6.45, 7) is -0.184. The molecule has 0 radical (unpaired) electrons. The van der Waals surface area contributed by atoms with E-state index in [1.165, 1.54) is 24.2 Å². The van der Waals surface area contributed by atoms with Crippen LogP contribution >= 0.6 is 0 Å². The van der Waals surface area contributed by atoms with Crippen LogP contribution in [0.4, 0.5) is 4.79 Å². The van der Waals surface area contributed by atoms with Gasteiger partial charge in [-0.15, -0.1) is 0 Å². The molecule has 2 rings (SSSR count). The molecule has 1 aromatic carbocycles. The van der Waals surface area contributed by atoms with E-state index >= 15 is 0 Å². The Labute approximate surface area is 149 Å². The van der Waals surface area contributed by atoms with Crippen LogP contribution in [0, 0.1) is 0 Å². The number of esters is 1. The second-order valence-electron chi connectivity index (χ2n) is 5.42. The van der Waals surface area contributed by atoms with E-state index in [1.54, 1.807) is 12.1 Å². The van der Waals surface area contributed by atoms with Crippen LogP contribution in [0.2, 0.25) is 0 Å². The van der Waals surface area contributed by atoms with E-state index in [0.29, 0.717) is 5.69 Å². The summed E-state index contributed by atoms with van der Waals surface area (Å²) in [6, 6.07) is 8.10. The Hall–Kier alpha value is -3.36. The van der Waals surface area contributed by atoms with Crippen LogP contribution < -0.4 is 5.32 Å². The third-order valence-corrected chi connectivity index (χ3v) is 3.41. The topological polar surface area (TPSA) is 120 Å². The number of nitrogens with zero attached hydrogens (tertiary/aromatic N) is 2. The lowest BCUT2D eigenvalue weighted by molar-refractivity contribution is -0.143. The predicted molar refractivity (Wildman–Crippen MR) is 89.1 cm³/mol. The third-order valence-electron chi connectivity index (χ3n) is 3.41. The first-order valence-corrected chi connectivity index (χ1v) is 7.75. The van der Waals surface area contributed by atoms with Gasteiger partial charge in [0, 0.05) is 12.6 Å². The van der Waals surface area contributed by atoms with E-state index in [9.17, 15) is 14.4 Å². The first-order valence-electron chi connectivity index (χ1n) is 7.75. The zero-order chi connectivity index (χ0) is 18.9. The van der Waals surface area contributed by atoms with Gasteiger partial charge in [0.05, 0.1) is 19.1 Å². The second-order valence-corrected chi connectivity index (χ2v) is 5.42. The fourth-order valence-electron chi connectivity index (χ4n) is 2.21. The maximum atomic E-state index is 11.9. The summed E-state index contributed by atoms with van der Waals surface area (Å²) in [5.41, 5.74) is 1.25. The van der Waals surface area contributed by atoms with Crippen molar-refractivity contribution < 1.29 is 29.0 Å². The number of aliphatic carboxylic acids is 1. The molecular formula is C17H19N3O6. The molecule has 0 bridgehead atoms. The first-order chi connectivity index (χ1) is 12.5. The van der Waals surface area contributed by atoms with Gasteiger partial charge in [0.2, 0.25) is 0 Å². The molecule has 9 heteroatoms. The van der Waals surface area contributed by atoms with Crippen molar-refractivity contribution in [3.63, 3.8) is 0 Å². The van der Waals surface area contributed by atoms with Crippen molar-refractivity contribution in [2.75, 3.05) is 7.11 Å². The van der Waals surface area contributed by atoms with Crippen LogP contribution in [0.1, 0.15) is 11.3 Å². The summed E-state index contributed by atoms with van der Waals surface area (Å²) < 4.78 is 11.1. The molecule has 1 heterocycles. The molecule has 0 aliphatic carbocycles. The highest BCUT2D eigenvalue weighted by Gasteiger charge is 2.24. The molecule has 138 valence electrons. The molecule has 1 aromatic heterocycles. The minimum absolute atomic E-state index is 0.0414. The van der Waals surface area contributed by atoms with Gasteiger partial charge < -0.3 is 24.5 Å². The molecule has 1 atom stereocenters. The highest BCUT2D eigenvalue weighted by molar-refractivity contribution is 5.81. The van der Waals surface area contributed by atoms with E-state index in [0.717, 1.165) is 5.56 Å². The Kier molecular flexibility index (Phi) is 6.72. The van der Waals surface area contributed by atoms with Crippen LogP contribution in [-0.4, -0.2) is 45.8 Å². The quantitative estimate of drug-likeness (QED) is 0.673. The molecular weight excluding hydrogens is 342 g/mol. The number of ether oxygens (including phenoxy) is 2. The van der Waals surface area contributed by atoms with Gasteiger partial charge in [0.1, 0.15) is 19.2 Å². The SMILES string of the molecule is COC(=O)[C@H](Cc1cn(CC(=O)O)cn1)NC(=O)OCc1ccccc1. The highest BCUT2D eigenvalue weighted by Crippen LogP contribution is 2.05. The fraction of sp³-hybridized carbons (Fsp3) is 0.294. The number of hydrogen-bond acceptors (Lipinski definition) is 6. The average molecular weight is 361 g/mol. The smallest absolute Gasteiger partial charge is 0.408 e. The van der Waals surface area contributed by atoms with Gasteiger partial charge in [-0.2, -0.15) is 0 Å². The van der Waals surface area contributed by atoms with Gasteiger partial charge in [-0.05, 0) is 5.56 Å². The fourth-order valence-corrected chi connectivity index (χ4v) is 2.21. The van der Waals surface area contributed by atoms with Gasteiger partial charge in [-0.3, -0.25) is 4.79 Å². The first kappa shape index (κ1) is 19.0. The van der Waals surface area contributed by atoms with Gasteiger partial charge in [0.25, 0.3) is 0 Å². The van der Waals surface area contributed by atoms with Crippen molar-refractivity contribution in [2.45, 2.75) is 25.6 Å². The molecule has 2 N–H and O–H groups in total. The van der Waals surface area contributed by atoms with Gasteiger partial charge >= 0.3 is 18.0 Å². The van der Waals surface area contributed by atoms with Crippen LogP contribution in [0.3, 0.4) is 0 Å². The zero-order valence-electron chi connectivity index (χ0n) is 14.1. The van der Waals surface area contributed by atoms with E-state index in [-0.39, 0.29) is 19.6 Å². The van der Waals surface area contributed by atoms with Crippen molar-refractivity contribution in [2.24, 2.45) is 0 Å². The summed E-state index contributed by atoms with van der Waals surface area (Å²) in [6.07, 6.45) is 2.10. The largest absolute Gasteiger partial charge is 0.480 e. The number of carbonyl (C=O) groups is 3. The van der Waals surface area contributed by atoms with Gasteiger partial charge in [0.15, 0.2) is 0 Å². The molecule has 1 amide bonds. The van der Waals surface area contributed by atoms with E-state index in [1.807, 2.05) is 18.2 Å². The van der Waals surface area contributed by atoms with Crippen LogP contribution in [0.5, 0.6) is 0 Å². The molecule has 0 aliphatic rings. The number of methoxy groups -OCH3 is 1. The van der Waals surface area contributed by atoms with Gasteiger partial charge in [-0.25, -0.2) is 14.6 Å². The lowest BCUT2D eigenvalue weighted by Gasteiger charge is -2.15. The maximum absolute atomic E-state index is 11.9. The van der Waals surface area contributed by atoms with Crippen molar-refractivity contribution in [1.29, 1.82) is 0 Å². The third kappa shape index (κ3) is 5.93. The number of amides is 1. The van der Waals surface area contributed by atoms with E-state index in [4.69, 9.17) is 9.84 Å². The minimum atomic E-state index is -1.01. The van der Waals surface area contributed by atoms with Crippen LogP contribution in [0.15, 0.2) is 42.9 Å². The molecule has 26 heavy (non-hydrogen) atoms. The average Bonchev–Trinajstić information content (AvgIpc) is 3.05. The Morgan fingerprint density at radius 3 is 2.65 bits per heavy atom. The Balaban J connectivity index is 1.94. The standard InChI is InChI=1S/C17H19N3O6/c1-25-16(23)14(7-13-8-20(11-18-13)9-15(21)22)19-17(24)26-10-12-5-3-2-4-6-12/h2-6,8,11,14H,7,9-10H2,1H3,(H,19,24)(H,21,22)/t14-/m0/s1. The number of rotatable bonds is 8. The molecule has 0 aliphatic heterocycles.